The van der Waals surface area contributed by atoms with Gasteiger partial charge in [-0.25, -0.2) is 0 Å². The summed E-state index contributed by atoms with van der Waals surface area (Å²) in [7, 11) is 2.45. The average molecular weight is 275 g/mol. The van der Waals surface area contributed by atoms with E-state index in [0.29, 0.717) is 0 Å². The standard InChI is InChI=1S/C9H11F6N3/c1-16-6(5-3-17-18(2)4-5)7(8(10,11)12)9(13,14)15/h3-4,6-7,16H,1-2H3. The van der Waals surface area contributed by atoms with Crippen molar-refractivity contribution < 1.29 is 26.3 Å². The average Bonchev–Trinajstić information content (AvgIpc) is 2.56. The van der Waals surface area contributed by atoms with Crippen molar-refractivity contribution in [2.24, 2.45) is 13.0 Å². The predicted molar refractivity (Wildman–Crippen MR) is 50.6 cm³/mol. The fourth-order valence-electron chi connectivity index (χ4n) is 1.69. The van der Waals surface area contributed by atoms with Gasteiger partial charge in [-0.05, 0) is 7.05 Å². The van der Waals surface area contributed by atoms with E-state index < -0.39 is 24.3 Å². The van der Waals surface area contributed by atoms with Crippen molar-refractivity contribution in [1.29, 1.82) is 0 Å². The number of alkyl halides is 6. The third-order valence-corrected chi connectivity index (χ3v) is 2.43. The molecule has 1 atom stereocenters. The predicted octanol–water partition coefficient (Wildman–Crippen LogP) is 2.42. The first-order valence-electron chi connectivity index (χ1n) is 4.86. The van der Waals surface area contributed by atoms with Gasteiger partial charge < -0.3 is 5.32 Å². The van der Waals surface area contributed by atoms with E-state index in [-0.39, 0.29) is 5.56 Å². The fraction of sp³-hybridized carbons (Fsp3) is 0.667. The van der Waals surface area contributed by atoms with Gasteiger partial charge in [0.1, 0.15) is 0 Å². The lowest BCUT2D eigenvalue weighted by Gasteiger charge is -2.29. The molecule has 0 fully saturated rings. The molecule has 0 radical (unpaired) electrons. The molecule has 9 heteroatoms. The van der Waals surface area contributed by atoms with Gasteiger partial charge in [0.15, 0.2) is 5.92 Å². The molecule has 1 unspecified atom stereocenters. The molecule has 104 valence electrons. The first-order chi connectivity index (χ1) is 8.07. The summed E-state index contributed by atoms with van der Waals surface area (Å²) in [6.07, 6.45) is -8.68. The van der Waals surface area contributed by atoms with Crippen molar-refractivity contribution >= 4 is 0 Å². The minimum Gasteiger partial charge on any atom is -0.312 e. The second kappa shape index (κ2) is 4.79. The van der Waals surface area contributed by atoms with E-state index in [1.807, 2.05) is 0 Å². The molecule has 0 aromatic carbocycles. The van der Waals surface area contributed by atoms with Crippen LogP contribution in [0.2, 0.25) is 0 Å². The van der Waals surface area contributed by atoms with E-state index in [4.69, 9.17) is 0 Å². The molecule has 0 bridgehead atoms. The molecule has 0 saturated heterocycles. The Balaban J connectivity index is 3.18. The molecule has 3 nitrogen and oxygen atoms in total. The molecule has 0 spiro atoms. The lowest BCUT2D eigenvalue weighted by Crippen LogP contribution is -2.44. The molecule has 18 heavy (non-hydrogen) atoms. The molecule has 1 aromatic heterocycles. The van der Waals surface area contributed by atoms with E-state index in [9.17, 15) is 26.3 Å². The monoisotopic (exact) mass is 275 g/mol. The lowest BCUT2D eigenvalue weighted by atomic mass is 9.94. The highest BCUT2D eigenvalue weighted by Crippen LogP contribution is 2.46. The fourth-order valence-corrected chi connectivity index (χ4v) is 1.69. The first-order valence-corrected chi connectivity index (χ1v) is 4.86. The molecule has 1 heterocycles. The van der Waals surface area contributed by atoms with Crippen LogP contribution >= 0.6 is 0 Å². The third kappa shape index (κ3) is 3.15. The minimum absolute atomic E-state index is 0.167. The highest BCUT2D eigenvalue weighted by atomic mass is 19.4. The summed E-state index contributed by atoms with van der Waals surface area (Å²) < 4.78 is 76.5. The van der Waals surface area contributed by atoms with E-state index in [0.717, 1.165) is 24.1 Å². The minimum atomic E-state index is -5.39. The highest BCUT2D eigenvalue weighted by Gasteiger charge is 2.60. The summed E-state index contributed by atoms with van der Waals surface area (Å²) in [5, 5.41) is 5.63. The van der Waals surface area contributed by atoms with Gasteiger partial charge >= 0.3 is 12.4 Å². The number of hydrogen-bond donors (Lipinski definition) is 1. The van der Waals surface area contributed by atoms with Gasteiger partial charge in [-0.15, -0.1) is 0 Å². The van der Waals surface area contributed by atoms with Crippen LogP contribution in [0.5, 0.6) is 0 Å². The summed E-state index contributed by atoms with van der Waals surface area (Å²) in [6.45, 7) is 0. The molecule has 0 aliphatic carbocycles. The number of aryl methyl sites for hydroxylation is 1. The Kier molecular flexibility index (Phi) is 3.94. The van der Waals surface area contributed by atoms with Crippen LogP contribution in [0.15, 0.2) is 12.4 Å². The molecule has 0 aliphatic rings. The van der Waals surface area contributed by atoms with Gasteiger partial charge in [0.2, 0.25) is 0 Å². The van der Waals surface area contributed by atoms with Crippen molar-refractivity contribution in [3.63, 3.8) is 0 Å². The van der Waals surface area contributed by atoms with Crippen molar-refractivity contribution in [3.8, 4) is 0 Å². The lowest BCUT2D eigenvalue weighted by molar-refractivity contribution is -0.292. The Morgan fingerprint density at radius 1 is 1.17 bits per heavy atom. The van der Waals surface area contributed by atoms with Crippen molar-refractivity contribution in [1.82, 2.24) is 15.1 Å². The second-order valence-corrected chi connectivity index (χ2v) is 3.77. The van der Waals surface area contributed by atoms with E-state index >= 15 is 0 Å². The van der Waals surface area contributed by atoms with Crippen molar-refractivity contribution in [3.05, 3.63) is 18.0 Å². The van der Waals surface area contributed by atoms with Crippen LogP contribution < -0.4 is 5.32 Å². The summed E-state index contributed by atoms with van der Waals surface area (Å²) in [5.41, 5.74) is -0.167. The van der Waals surface area contributed by atoms with Crippen LogP contribution in [0.4, 0.5) is 26.3 Å². The normalized spacial score (nSPS) is 15.2. The maximum atomic E-state index is 12.6. The zero-order valence-corrected chi connectivity index (χ0v) is 9.47. The Bertz CT molecular complexity index is 380. The summed E-state index contributed by atoms with van der Waals surface area (Å²) in [4.78, 5) is 0. The van der Waals surface area contributed by atoms with Crippen LogP contribution in [-0.4, -0.2) is 29.2 Å². The van der Waals surface area contributed by atoms with Crippen LogP contribution in [0.3, 0.4) is 0 Å². The van der Waals surface area contributed by atoms with Gasteiger partial charge in [0.05, 0.1) is 12.2 Å². The van der Waals surface area contributed by atoms with Gasteiger partial charge in [-0.3, -0.25) is 4.68 Å². The smallest absolute Gasteiger partial charge is 0.312 e. The van der Waals surface area contributed by atoms with Crippen molar-refractivity contribution in [2.75, 3.05) is 7.05 Å². The first kappa shape index (κ1) is 14.8. The van der Waals surface area contributed by atoms with Crippen LogP contribution in [0.25, 0.3) is 0 Å². The zero-order valence-electron chi connectivity index (χ0n) is 9.47. The maximum absolute atomic E-state index is 12.6. The SMILES string of the molecule is CNC(c1cnn(C)c1)C(C(F)(F)F)C(F)(F)F. The van der Waals surface area contributed by atoms with Crippen LogP contribution in [-0.2, 0) is 7.05 Å². The van der Waals surface area contributed by atoms with Crippen molar-refractivity contribution in [2.45, 2.75) is 18.4 Å². The van der Waals surface area contributed by atoms with Gasteiger partial charge in [0, 0.05) is 18.8 Å². The third-order valence-electron chi connectivity index (χ3n) is 2.43. The zero-order chi connectivity index (χ0) is 14.1. The summed E-state index contributed by atoms with van der Waals surface area (Å²) in [6, 6.07) is -1.92. The molecule has 0 saturated carbocycles. The summed E-state index contributed by atoms with van der Waals surface area (Å²) >= 11 is 0. The number of rotatable bonds is 3. The number of hydrogen-bond acceptors (Lipinski definition) is 2. The number of nitrogens with zero attached hydrogens (tertiary/aromatic N) is 2. The molecule has 1 aromatic rings. The van der Waals surface area contributed by atoms with Gasteiger partial charge in [0.25, 0.3) is 0 Å². The Hall–Kier alpha value is -1.25. The van der Waals surface area contributed by atoms with Gasteiger partial charge in [-0.1, -0.05) is 0 Å². The topological polar surface area (TPSA) is 29.9 Å². The number of aromatic nitrogens is 2. The molecule has 0 aliphatic heterocycles. The molecule has 1 N–H and O–H groups in total. The number of halogens is 6. The summed E-state index contributed by atoms with van der Waals surface area (Å²) in [5.74, 6) is -3.47. The molecule has 0 amide bonds. The van der Waals surface area contributed by atoms with E-state index in [2.05, 4.69) is 10.4 Å². The number of nitrogens with one attached hydrogen (secondary N) is 1. The van der Waals surface area contributed by atoms with E-state index in [1.165, 1.54) is 7.05 Å². The van der Waals surface area contributed by atoms with Crippen LogP contribution in [0, 0.1) is 5.92 Å². The largest absolute Gasteiger partial charge is 0.402 e. The quantitative estimate of drug-likeness (QED) is 0.859. The Labute approximate surface area is 98.8 Å². The van der Waals surface area contributed by atoms with Gasteiger partial charge in [-0.2, -0.15) is 31.4 Å². The molecular weight excluding hydrogens is 264 g/mol. The Morgan fingerprint density at radius 3 is 1.94 bits per heavy atom. The maximum Gasteiger partial charge on any atom is 0.402 e. The molecule has 1 rings (SSSR count). The Morgan fingerprint density at radius 2 is 1.67 bits per heavy atom. The molecular formula is C9H11F6N3. The highest BCUT2D eigenvalue weighted by molar-refractivity contribution is 5.13. The van der Waals surface area contributed by atoms with E-state index in [1.54, 1.807) is 0 Å². The van der Waals surface area contributed by atoms with Crippen LogP contribution in [0.1, 0.15) is 11.6 Å². The second-order valence-electron chi connectivity index (χ2n) is 3.77.